The van der Waals surface area contributed by atoms with Gasteiger partial charge in [0.05, 0.1) is 35.5 Å². The van der Waals surface area contributed by atoms with Gasteiger partial charge in [0.15, 0.2) is 5.69 Å². The van der Waals surface area contributed by atoms with Gasteiger partial charge >= 0.3 is 5.97 Å². The minimum Gasteiger partial charge on any atom is -0.469 e. The Labute approximate surface area is 221 Å². The lowest BCUT2D eigenvalue weighted by molar-refractivity contribution is -0.147. The molecule has 194 valence electrons. The number of hydrogen-bond donors (Lipinski definition) is 2. The van der Waals surface area contributed by atoms with Crippen LogP contribution in [0.15, 0.2) is 42.5 Å². The van der Waals surface area contributed by atoms with Gasteiger partial charge in [-0.25, -0.2) is 0 Å². The Bertz CT molecular complexity index is 1330. The number of halogens is 1. The summed E-state index contributed by atoms with van der Waals surface area (Å²) in [6.07, 6.45) is 3.59. The highest BCUT2D eigenvalue weighted by Crippen LogP contribution is 2.37. The van der Waals surface area contributed by atoms with Crippen LogP contribution in [0.2, 0.25) is 5.02 Å². The molecule has 0 radical (unpaired) electrons. The summed E-state index contributed by atoms with van der Waals surface area (Å²) in [5.74, 6) is -0.397. The number of methoxy groups -OCH3 is 1. The number of amides is 1. The number of nitrogens with two attached hydrogens (primary N) is 1. The number of likely N-dealkylation sites (tertiary alicyclic amines) is 1. The van der Waals surface area contributed by atoms with Crippen LogP contribution in [0.4, 0.5) is 11.4 Å². The maximum atomic E-state index is 13.3. The number of nitrogens with one attached hydrogen (secondary N) is 1. The Kier molecular flexibility index (Phi) is 7.22. The fraction of sp³-hybridized carbons (Fsp3) is 0.393. The molecule has 3 heterocycles. The van der Waals surface area contributed by atoms with E-state index in [1.165, 1.54) is 7.11 Å². The molecule has 1 amide bonds. The van der Waals surface area contributed by atoms with Crippen molar-refractivity contribution in [1.82, 2.24) is 14.7 Å². The topological polar surface area (TPSA) is 102 Å². The van der Waals surface area contributed by atoms with Gasteiger partial charge in [-0.05, 0) is 75.0 Å². The zero-order valence-corrected chi connectivity index (χ0v) is 21.9. The van der Waals surface area contributed by atoms with Crippen LogP contribution in [-0.2, 0) is 16.1 Å². The number of carbonyl (C=O) groups is 2. The molecule has 3 aromatic rings. The summed E-state index contributed by atoms with van der Waals surface area (Å²) in [6.45, 7) is 4.40. The Morgan fingerprint density at radius 1 is 1.08 bits per heavy atom. The maximum absolute atomic E-state index is 13.3. The van der Waals surface area contributed by atoms with Crippen LogP contribution in [0.5, 0.6) is 0 Å². The lowest BCUT2D eigenvalue weighted by Crippen LogP contribution is -2.40. The smallest absolute Gasteiger partial charge is 0.308 e. The number of fused-ring (bicyclic) bond motifs is 1. The second-order valence-corrected chi connectivity index (χ2v) is 10.2. The van der Waals surface area contributed by atoms with E-state index in [4.69, 9.17) is 22.1 Å². The molecule has 1 unspecified atom stereocenters. The number of hydrogen-bond acceptors (Lipinski definition) is 6. The zero-order chi connectivity index (χ0) is 26.1. The van der Waals surface area contributed by atoms with Crippen LogP contribution in [-0.4, -0.2) is 46.8 Å². The van der Waals surface area contributed by atoms with Gasteiger partial charge in [0.2, 0.25) is 0 Å². The molecular weight excluding hydrogens is 490 g/mol. The van der Waals surface area contributed by atoms with Crippen LogP contribution in [0.25, 0.3) is 11.1 Å². The molecule has 1 atom stereocenters. The third kappa shape index (κ3) is 4.95. The summed E-state index contributed by atoms with van der Waals surface area (Å²) >= 11 is 6.47. The first-order valence-corrected chi connectivity index (χ1v) is 13.1. The third-order valence-electron chi connectivity index (χ3n) is 7.64. The van der Waals surface area contributed by atoms with Crippen molar-refractivity contribution in [2.75, 3.05) is 31.2 Å². The molecule has 9 heteroatoms. The van der Waals surface area contributed by atoms with E-state index >= 15 is 0 Å². The van der Waals surface area contributed by atoms with Crippen molar-refractivity contribution in [3.63, 3.8) is 0 Å². The first-order valence-electron chi connectivity index (χ1n) is 12.7. The van der Waals surface area contributed by atoms with Crippen LogP contribution < -0.4 is 11.1 Å². The van der Waals surface area contributed by atoms with Gasteiger partial charge in [0.1, 0.15) is 0 Å². The van der Waals surface area contributed by atoms with Gasteiger partial charge in [-0.2, -0.15) is 5.10 Å². The summed E-state index contributed by atoms with van der Waals surface area (Å²) in [5, 5.41) is 8.19. The van der Waals surface area contributed by atoms with Crippen molar-refractivity contribution in [2.45, 2.75) is 45.2 Å². The molecule has 1 fully saturated rings. The molecule has 3 N–H and O–H groups in total. The van der Waals surface area contributed by atoms with Gasteiger partial charge in [-0.15, -0.1) is 0 Å². The molecule has 2 aliphatic rings. The second-order valence-electron chi connectivity index (χ2n) is 9.81. The van der Waals surface area contributed by atoms with Gasteiger partial charge in [0, 0.05) is 17.8 Å². The summed E-state index contributed by atoms with van der Waals surface area (Å²) in [4.78, 5) is 27.6. The van der Waals surface area contributed by atoms with Crippen molar-refractivity contribution in [3.8, 4) is 11.1 Å². The normalized spacial score (nSPS) is 18.3. The van der Waals surface area contributed by atoms with E-state index in [1.54, 1.807) is 6.07 Å². The number of nitrogen functional groups attached to an aromatic ring is 1. The van der Waals surface area contributed by atoms with E-state index in [1.807, 2.05) is 48.0 Å². The quantitative estimate of drug-likeness (QED) is 0.359. The molecule has 0 saturated carbocycles. The lowest BCUT2D eigenvalue weighted by Gasteiger charge is -2.38. The molecule has 1 saturated heterocycles. The van der Waals surface area contributed by atoms with E-state index in [0.29, 0.717) is 22.1 Å². The molecule has 0 aliphatic carbocycles. The average molecular weight is 522 g/mol. The van der Waals surface area contributed by atoms with Gasteiger partial charge < -0.3 is 15.8 Å². The van der Waals surface area contributed by atoms with Gasteiger partial charge in [-0.3, -0.25) is 19.2 Å². The number of piperidine rings is 1. The second kappa shape index (κ2) is 10.6. The molecule has 37 heavy (non-hydrogen) atoms. The highest BCUT2D eigenvalue weighted by molar-refractivity contribution is 6.35. The van der Waals surface area contributed by atoms with E-state index in [0.717, 1.165) is 67.7 Å². The monoisotopic (exact) mass is 521 g/mol. The minimum atomic E-state index is -0.246. The Balaban J connectivity index is 1.34. The molecule has 1 aromatic heterocycles. The van der Waals surface area contributed by atoms with Crippen molar-refractivity contribution in [2.24, 2.45) is 5.92 Å². The van der Waals surface area contributed by atoms with Crippen molar-refractivity contribution in [1.29, 1.82) is 0 Å². The standard InChI is InChI=1S/C28H32ClN5O3/c1-17-19(20-7-3-8-21(30)26(20)29)6-4-9-22(17)31-27(35)23-16-25-24(10-5-13-34(25)32-23)33-14-11-18(12-15-33)28(36)37-2/h3-4,6-9,16,18,24H,5,10-15,30H2,1-2H3,(H,31,35). The number of benzene rings is 2. The maximum Gasteiger partial charge on any atom is 0.308 e. The number of nitrogens with zero attached hydrogens (tertiary/aromatic N) is 3. The van der Waals surface area contributed by atoms with Crippen molar-refractivity contribution >= 4 is 34.9 Å². The van der Waals surface area contributed by atoms with Crippen molar-refractivity contribution in [3.05, 3.63) is 64.4 Å². The number of esters is 1. The lowest BCUT2D eigenvalue weighted by atomic mass is 9.93. The molecule has 5 rings (SSSR count). The molecule has 8 nitrogen and oxygen atoms in total. The van der Waals surface area contributed by atoms with Crippen molar-refractivity contribution < 1.29 is 14.3 Å². The first-order chi connectivity index (χ1) is 17.9. The zero-order valence-electron chi connectivity index (χ0n) is 21.2. The number of ether oxygens (including phenoxy) is 1. The highest BCUT2D eigenvalue weighted by Gasteiger charge is 2.33. The third-order valence-corrected chi connectivity index (χ3v) is 8.06. The Morgan fingerprint density at radius 3 is 2.57 bits per heavy atom. The molecule has 0 bridgehead atoms. The fourth-order valence-corrected chi connectivity index (χ4v) is 5.79. The number of anilines is 2. The van der Waals surface area contributed by atoms with E-state index < -0.39 is 0 Å². The summed E-state index contributed by atoms with van der Waals surface area (Å²) in [5.41, 5.74) is 11.3. The van der Waals surface area contributed by atoms with Crippen LogP contribution in [0.3, 0.4) is 0 Å². The van der Waals surface area contributed by atoms with Gasteiger partial charge in [-0.1, -0.05) is 35.9 Å². The number of aromatic nitrogens is 2. The SMILES string of the molecule is COC(=O)C1CCN(C2CCCn3nc(C(=O)Nc4cccc(-c5cccc(N)c5Cl)c4C)cc32)CC1. The van der Waals surface area contributed by atoms with Crippen LogP contribution in [0, 0.1) is 12.8 Å². The van der Waals surface area contributed by atoms with E-state index in [-0.39, 0.29) is 23.8 Å². The Morgan fingerprint density at radius 2 is 1.81 bits per heavy atom. The predicted molar refractivity (Wildman–Crippen MR) is 145 cm³/mol. The fourth-order valence-electron chi connectivity index (χ4n) is 5.56. The van der Waals surface area contributed by atoms with Crippen LogP contribution >= 0.6 is 11.6 Å². The number of aryl methyl sites for hydroxylation is 1. The first kappa shape index (κ1) is 25.3. The van der Waals surface area contributed by atoms with Crippen LogP contribution in [0.1, 0.15) is 53.5 Å². The molecule has 2 aliphatic heterocycles. The number of carbonyl (C=O) groups excluding carboxylic acids is 2. The minimum absolute atomic E-state index is 0.0303. The average Bonchev–Trinajstić information content (AvgIpc) is 3.36. The molecule has 2 aromatic carbocycles. The van der Waals surface area contributed by atoms with E-state index in [2.05, 4.69) is 15.3 Å². The summed E-state index contributed by atoms with van der Waals surface area (Å²) in [6, 6.07) is 13.4. The summed E-state index contributed by atoms with van der Waals surface area (Å²) < 4.78 is 6.89. The van der Waals surface area contributed by atoms with E-state index in [9.17, 15) is 9.59 Å². The largest absolute Gasteiger partial charge is 0.469 e. The van der Waals surface area contributed by atoms with Gasteiger partial charge in [0.25, 0.3) is 5.91 Å². The summed E-state index contributed by atoms with van der Waals surface area (Å²) in [7, 11) is 1.45. The highest BCUT2D eigenvalue weighted by atomic mass is 35.5. The predicted octanol–water partition coefficient (Wildman–Crippen LogP) is 5.07. The Hall–Kier alpha value is -3.36. The number of rotatable bonds is 5. The molecular formula is C28H32ClN5O3. The molecule has 0 spiro atoms.